The van der Waals surface area contributed by atoms with Gasteiger partial charge in [-0.15, -0.1) is 0 Å². The third kappa shape index (κ3) is 6.92. The molecule has 0 aliphatic carbocycles. The fourth-order valence-corrected chi connectivity index (χ4v) is 5.55. The molecular formula is C25H26Cl4F3N7. The Kier molecular flexibility index (Phi) is 9.22. The Balaban J connectivity index is 1.57. The topological polar surface area (TPSA) is 92.8 Å². The van der Waals surface area contributed by atoms with E-state index in [-0.39, 0.29) is 36.8 Å². The number of benzene rings is 2. The lowest BCUT2D eigenvalue weighted by molar-refractivity contribution is -0.175. The average molecular weight is 623 g/mol. The van der Waals surface area contributed by atoms with Crippen LogP contribution < -0.4 is 15.5 Å². The van der Waals surface area contributed by atoms with E-state index in [1.807, 2.05) is 0 Å². The van der Waals surface area contributed by atoms with E-state index in [2.05, 4.69) is 15.6 Å². The van der Waals surface area contributed by atoms with Crippen molar-refractivity contribution in [2.75, 3.05) is 29.9 Å². The first-order valence-corrected chi connectivity index (χ1v) is 13.6. The largest absolute Gasteiger partial charge is 0.393 e. The molecule has 0 radical (unpaired) electrons. The van der Waals surface area contributed by atoms with Crippen LogP contribution in [0.2, 0.25) is 15.1 Å². The summed E-state index contributed by atoms with van der Waals surface area (Å²) in [6.45, 7) is 0.933. The second kappa shape index (κ2) is 12.1. The van der Waals surface area contributed by atoms with Gasteiger partial charge in [-0.1, -0.05) is 52.5 Å². The van der Waals surface area contributed by atoms with E-state index in [0.717, 1.165) is 5.56 Å². The first-order valence-electron chi connectivity index (χ1n) is 12.1. The van der Waals surface area contributed by atoms with Gasteiger partial charge in [0, 0.05) is 45.4 Å². The number of aromatic nitrogens is 2. The number of alkyl halides is 3. The Labute approximate surface area is 243 Å². The molecular weight excluding hydrogens is 597 g/mol. The fourth-order valence-electron chi connectivity index (χ4n) is 4.58. The van der Waals surface area contributed by atoms with Crippen LogP contribution in [-0.2, 0) is 13.6 Å². The number of hydrogen-bond donors (Lipinski definition) is 4. The Morgan fingerprint density at radius 3 is 2.59 bits per heavy atom. The standard InChI is InChI=1S/C25H26Cl4F3N7/c1-38-20-9-19(39-6-2-3-14(12-39)25(30,31)32)17(27)8-18(20)36-24(38)37-23-16(26)5-4-13(22(23)29)10-35-11-15(33)7-21(28)34/h4-5,8-9,14,33-35H,2-3,6-7,10-12H2,1H3,(H,36,37). The minimum atomic E-state index is -4.25. The number of nitrogens with zero attached hydrogens (tertiary/aromatic N) is 3. The minimum absolute atomic E-state index is 0.0782. The van der Waals surface area contributed by atoms with Crippen LogP contribution in [0.5, 0.6) is 0 Å². The number of anilines is 3. The minimum Gasteiger partial charge on any atom is -0.370 e. The Hall–Kier alpha value is -2.24. The fraction of sp³-hybridized carbons (Fsp3) is 0.400. The third-order valence-corrected chi connectivity index (χ3v) is 7.79. The lowest BCUT2D eigenvalue weighted by atomic mass is 9.97. The number of hydrogen-bond acceptors (Lipinski definition) is 6. The van der Waals surface area contributed by atoms with E-state index in [1.165, 1.54) is 0 Å². The Morgan fingerprint density at radius 1 is 1.15 bits per heavy atom. The van der Waals surface area contributed by atoms with Gasteiger partial charge in [0.15, 0.2) is 0 Å². The van der Waals surface area contributed by atoms with E-state index in [4.69, 9.17) is 57.2 Å². The molecule has 1 atom stereocenters. The maximum Gasteiger partial charge on any atom is 0.393 e. The predicted molar refractivity (Wildman–Crippen MR) is 154 cm³/mol. The molecule has 14 heteroatoms. The van der Waals surface area contributed by atoms with Gasteiger partial charge in [-0.05, 0) is 36.6 Å². The molecule has 2 heterocycles. The second-order valence-electron chi connectivity index (χ2n) is 9.42. The first-order chi connectivity index (χ1) is 18.3. The summed E-state index contributed by atoms with van der Waals surface area (Å²) in [7, 11) is 1.78. The van der Waals surface area contributed by atoms with Crippen molar-refractivity contribution in [1.82, 2.24) is 14.9 Å². The molecule has 1 unspecified atom stereocenters. The Bertz CT molecular complexity index is 1410. The van der Waals surface area contributed by atoms with Gasteiger partial charge in [0.05, 0.1) is 43.4 Å². The molecule has 0 saturated carbocycles. The maximum absolute atomic E-state index is 13.4. The highest BCUT2D eigenvalue weighted by Crippen LogP contribution is 2.40. The number of rotatable bonds is 9. The van der Waals surface area contributed by atoms with Crippen LogP contribution in [0.1, 0.15) is 24.8 Å². The molecule has 1 fully saturated rings. The molecule has 4 N–H and O–H groups in total. The number of halogens is 7. The van der Waals surface area contributed by atoms with E-state index < -0.39 is 12.1 Å². The summed E-state index contributed by atoms with van der Waals surface area (Å²) in [5.41, 5.74) is 3.21. The molecule has 0 amide bonds. The molecule has 1 saturated heterocycles. The molecule has 2 aromatic carbocycles. The van der Waals surface area contributed by atoms with Crippen LogP contribution in [-0.4, -0.2) is 46.2 Å². The van der Waals surface area contributed by atoms with Crippen molar-refractivity contribution >= 4 is 85.6 Å². The van der Waals surface area contributed by atoms with Crippen LogP contribution in [0, 0.1) is 16.7 Å². The van der Waals surface area contributed by atoms with Crippen LogP contribution in [0.4, 0.5) is 30.5 Å². The van der Waals surface area contributed by atoms with E-state index >= 15 is 0 Å². The molecule has 4 rings (SSSR count). The van der Waals surface area contributed by atoms with Crippen LogP contribution in [0.25, 0.3) is 11.0 Å². The SMILES string of the molecule is Cn1c(Nc2c(Cl)ccc(CNCC(=N)CC(=N)Cl)c2Cl)nc2cc(Cl)c(N3CCCC(C(F)(F)F)C3)cc21. The Morgan fingerprint density at radius 2 is 1.90 bits per heavy atom. The molecule has 0 spiro atoms. The second-order valence-corrected chi connectivity index (χ2v) is 11.1. The van der Waals surface area contributed by atoms with Crippen molar-refractivity contribution in [1.29, 1.82) is 10.8 Å². The summed E-state index contributed by atoms with van der Waals surface area (Å²) in [5, 5.41) is 22.4. The van der Waals surface area contributed by atoms with Gasteiger partial charge in [0.1, 0.15) is 5.17 Å². The number of aryl methyl sites for hydroxylation is 1. The van der Waals surface area contributed by atoms with E-state index in [0.29, 0.717) is 62.9 Å². The number of piperidine rings is 1. The molecule has 3 aromatic rings. The monoisotopic (exact) mass is 621 g/mol. The van der Waals surface area contributed by atoms with E-state index in [1.54, 1.807) is 40.8 Å². The quantitative estimate of drug-likeness (QED) is 0.183. The number of nitrogens with one attached hydrogen (secondary N) is 4. The van der Waals surface area contributed by atoms with Crippen molar-refractivity contribution in [2.45, 2.75) is 32.0 Å². The zero-order valence-corrected chi connectivity index (χ0v) is 23.8. The summed E-state index contributed by atoms with van der Waals surface area (Å²) < 4.78 is 41.9. The maximum atomic E-state index is 13.4. The van der Waals surface area contributed by atoms with Crippen molar-refractivity contribution in [3.8, 4) is 0 Å². The lowest BCUT2D eigenvalue weighted by Crippen LogP contribution is -2.41. The van der Waals surface area contributed by atoms with Crippen LogP contribution >= 0.6 is 46.4 Å². The molecule has 210 valence electrons. The zero-order valence-electron chi connectivity index (χ0n) is 20.8. The smallest absolute Gasteiger partial charge is 0.370 e. The first kappa shape index (κ1) is 29.7. The molecule has 39 heavy (non-hydrogen) atoms. The van der Waals surface area contributed by atoms with Gasteiger partial charge in [0.25, 0.3) is 0 Å². The molecule has 0 bridgehead atoms. The van der Waals surface area contributed by atoms with Crippen LogP contribution in [0.15, 0.2) is 24.3 Å². The highest BCUT2D eigenvalue weighted by Gasteiger charge is 2.42. The summed E-state index contributed by atoms with van der Waals surface area (Å²) in [5.74, 6) is -0.978. The lowest BCUT2D eigenvalue weighted by Gasteiger charge is -2.35. The van der Waals surface area contributed by atoms with Crippen molar-refractivity contribution in [3.63, 3.8) is 0 Å². The van der Waals surface area contributed by atoms with Crippen molar-refractivity contribution in [3.05, 3.63) is 44.9 Å². The number of imidazole rings is 1. The molecule has 1 aromatic heterocycles. The highest BCUT2D eigenvalue weighted by atomic mass is 35.5. The molecule has 7 nitrogen and oxygen atoms in total. The van der Waals surface area contributed by atoms with Gasteiger partial charge in [-0.25, -0.2) is 4.98 Å². The van der Waals surface area contributed by atoms with Gasteiger partial charge < -0.3 is 25.5 Å². The number of fused-ring (bicyclic) bond motifs is 1. The summed E-state index contributed by atoms with van der Waals surface area (Å²) in [6, 6.07) is 6.86. The van der Waals surface area contributed by atoms with Gasteiger partial charge in [-0.3, -0.25) is 5.41 Å². The summed E-state index contributed by atoms with van der Waals surface area (Å²) in [6.07, 6.45) is -3.64. The van der Waals surface area contributed by atoms with Crippen molar-refractivity contribution in [2.24, 2.45) is 13.0 Å². The predicted octanol–water partition coefficient (Wildman–Crippen LogP) is 7.77. The summed E-state index contributed by atoms with van der Waals surface area (Å²) >= 11 is 25.2. The zero-order chi connectivity index (χ0) is 28.5. The van der Waals surface area contributed by atoms with Gasteiger partial charge in [0.2, 0.25) is 5.95 Å². The highest BCUT2D eigenvalue weighted by molar-refractivity contribution is 6.66. The molecule has 1 aliphatic rings. The summed E-state index contributed by atoms with van der Waals surface area (Å²) in [4.78, 5) is 6.29. The van der Waals surface area contributed by atoms with E-state index in [9.17, 15) is 13.2 Å². The molecule has 1 aliphatic heterocycles. The third-order valence-electron chi connectivity index (χ3n) is 6.60. The average Bonchev–Trinajstić information content (AvgIpc) is 3.15. The van der Waals surface area contributed by atoms with Crippen LogP contribution in [0.3, 0.4) is 0 Å². The van der Waals surface area contributed by atoms with Gasteiger partial charge >= 0.3 is 6.18 Å². The van der Waals surface area contributed by atoms with Crippen molar-refractivity contribution < 1.29 is 13.2 Å². The van der Waals surface area contributed by atoms with Gasteiger partial charge in [-0.2, -0.15) is 13.2 Å². The normalized spacial score (nSPS) is 16.1.